The maximum atomic E-state index is 10.7. The molecule has 0 radical (unpaired) electrons. The first-order valence-electron chi connectivity index (χ1n) is 5.40. The third kappa shape index (κ3) is 2.68. The molecule has 0 saturated carbocycles. The largest absolute Gasteiger partial charge is 0.550 e. The molecule has 0 bridgehead atoms. The Kier molecular flexibility index (Phi) is 3.62. The van der Waals surface area contributed by atoms with Gasteiger partial charge in [-0.2, -0.15) is 0 Å². The number of benzene rings is 1. The molecule has 0 aliphatic carbocycles. The van der Waals surface area contributed by atoms with E-state index < -0.39 is 5.97 Å². The van der Waals surface area contributed by atoms with Crippen molar-refractivity contribution in [2.75, 3.05) is 7.11 Å². The average molecular weight is 262 g/mol. The summed E-state index contributed by atoms with van der Waals surface area (Å²) in [6.07, 6.45) is -0.104. The second kappa shape index (κ2) is 5.18. The number of aromatic nitrogens is 1. The molecule has 0 spiro atoms. The highest BCUT2D eigenvalue weighted by Gasteiger charge is 2.11. The molecule has 2 rings (SSSR count). The van der Waals surface area contributed by atoms with Gasteiger partial charge in [-0.15, -0.1) is 11.3 Å². The maximum Gasteiger partial charge on any atom is 0.118 e. The monoisotopic (exact) mass is 262 g/mol. The number of carbonyl (C=O) groups excluding carboxylic acids is 1. The number of aryl methyl sites for hydroxylation is 1. The van der Waals surface area contributed by atoms with Crippen molar-refractivity contribution in [3.63, 3.8) is 0 Å². The molecule has 5 heteroatoms. The van der Waals surface area contributed by atoms with E-state index in [0.717, 1.165) is 21.2 Å². The molecule has 4 nitrogen and oxygen atoms in total. The first-order chi connectivity index (χ1) is 8.60. The quantitative estimate of drug-likeness (QED) is 0.836. The van der Waals surface area contributed by atoms with Crippen molar-refractivity contribution in [2.45, 2.75) is 13.3 Å². The van der Waals surface area contributed by atoms with Crippen LogP contribution in [-0.2, 0) is 11.2 Å². The van der Waals surface area contributed by atoms with Crippen LogP contribution in [0.1, 0.15) is 9.88 Å². The van der Waals surface area contributed by atoms with Crippen molar-refractivity contribution >= 4 is 17.3 Å². The number of thiazole rings is 1. The lowest BCUT2D eigenvalue weighted by Gasteiger charge is -2.04. The van der Waals surface area contributed by atoms with Crippen molar-refractivity contribution in [3.8, 4) is 17.0 Å². The van der Waals surface area contributed by atoms with Crippen LogP contribution in [0.4, 0.5) is 0 Å². The smallest absolute Gasteiger partial charge is 0.118 e. The number of rotatable bonds is 4. The zero-order valence-corrected chi connectivity index (χ0v) is 10.9. The standard InChI is InChI=1S/C13H13NO3S/c1-8-14-13(11(18-8)7-12(15)16)9-3-5-10(17-2)6-4-9/h3-6H,7H2,1-2H3,(H,15,16)/p-1. The van der Waals surface area contributed by atoms with Gasteiger partial charge in [-0.3, -0.25) is 0 Å². The number of aliphatic carboxylic acids is 1. The predicted octanol–water partition coefficient (Wildman–Crippen LogP) is 1.42. The molecule has 0 fully saturated rings. The van der Waals surface area contributed by atoms with E-state index >= 15 is 0 Å². The zero-order chi connectivity index (χ0) is 13.1. The Labute approximate surface area is 109 Å². The van der Waals surface area contributed by atoms with E-state index in [2.05, 4.69) is 4.98 Å². The second-order valence-electron chi connectivity index (χ2n) is 3.78. The van der Waals surface area contributed by atoms with Gasteiger partial charge in [0.1, 0.15) is 5.75 Å². The molecule has 0 saturated heterocycles. The number of ether oxygens (including phenoxy) is 1. The summed E-state index contributed by atoms with van der Waals surface area (Å²) in [7, 11) is 1.60. The van der Waals surface area contributed by atoms with Crippen LogP contribution >= 0.6 is 11.3 Å². The molecule has 1 aromatic heterocycles. The summed E-state index contributed by atoms with van der Waals surface area (Å²) in [5.41, 5.74) is 1.60. The number of hydrogen-bond acceptors (Lipinski definition) is 5. The Morgan fingerprint density at radius 3 is 2.61 bits per heavy atom. The highest BCUT2D eigenvalue weighted by molar-refractivity contribution is 7.12. The lowest BCUT2D eigenvalue weighted by molar-refractivity contribution is -0.304. The van der Waals surface area contributed by atoms with Crippen molar-refractivity contribution < 1.29 is 14.6 Å². The number of carboxylic acid groups (broad SMARTS) is 1. The van der Waals surface area contributed by atoms with Crippen LogP contribution in [0.25, 0.3) is 11.3 Å². The molecule has 0 amide bonds. The number of carboxylic acids is 1. The van der Waals surface area contributed by atoms with E-state index in [9.17, 15) is 9.90 Å². The van der Waals surface area contributed by atoms with E-state index in [4.69, 9.17) is 4.74 Å². The fourth-order valence-corrected chi connectivity index (χ4v) is 2.64. The van der Waals surface area contributed by atoms with Gasteiger partial charge in [-0.1, -0.05) is 0 Å². The van der Waals surface area contributed by atoms with Crippen LogP contribution in [0.3, 0.4) is 0 Å². The highest BCUT2D eigenvalue weighted by Crippen LogP contribution is 2.29. The fourth-order valence-electron chi connectivity index (χ4n) is 1.69. The molecular weight excluding hydrogens is 250 g/mol. The van der Waals surface area contributed by atoms with Crippen LogP contribution in [0.15, 0.2) is 24.3 Å². The lowest BCUT2D eigenvalue weighted by atomic mass is 10.1. The molecule has 0 unspecified atom stereocenters. The second-order valence-corrected chi connectivity index (χ2v) is 5.07. The predicted molar refractivity (Wildman–Crippen MR) is 67.6 cm³/mol. The van der Waals surface area contributed by atoms with E-state index in [1.54, 1.807) is 7.11 Å². The van der Waals surface area contributed by atoms with Gasteiger partial charge in [-0.25, -0.2) is 4.98 Å². The number of carbonyl (C=O) groups is 1. The van der Waals surface area contributed by atoms with E-state index in [1.807, 2.05) is 31.2 Å². The van der Waals surface area contributed by atoms with Gasteiger partial charge in [0, 0.05) is 22.8 Å². The summed E-state index contributed by atoms with van der Waals surface area (Å²) >= 11 is 1.38. The number of nitrogens with zero attached hydrogens (tertiary/aromatic N) is 1. The maximum absolute atomic E-state index is 10.7. The Balaban J connectivity index is 2.39. The van der Waals surface area contributed by atoms with Crippen LogP contribution in [0, 0.1) is 6.92 Å². The highest BCUT2D eigenvalue weighted by atomic mass is 32.1. The van der Waals surface area contributed by atoms with Crippen LogP contribution in [0.2, 0.25) is 0 Å². The summed E-state index contributed by atoms with van der Waals surface area (Å²) in [5.74, 6) is -0.333. The third-order valence-electron chi connectivity index (χ3n) is 2.47. The zero-order valence-electron chi connectivity index (χ0n) is 10.1. The van der Waals surface area contributed by atoms with Crippen LogP contribution < -0.4 is 9.84 Å². The van der Waals surface area contributed by atoms with Crippen molar-refractivity contribution in [1.29, 1.82) is 0 Å². The van der Waals surface area contributed by atoms with Crippen LogP contribution in [0.5, 0.6) is 5.75 Å². The molecule has 0 N–H and O–H groups in total. The molecular formula is C13H12NO3S-. The molecule has 0 aliphatic rings. The lowest BCUT2D eigenvalue weighted by Crippen LogP contribution is -2.24. The third-order valence-corrected chi connectivity index (χ3v) is 3.44. The van der Waals surface area contributed by atoms with Crippen molar-refractivity contribution in [2.24, 2.45) is 0 Å². The SMILES string of the molecule is COc1ccc(-c2nc(C)sc2CC(=O)[O-])cc1. The summed E-state index contributed by atoms with van der Waals surface area (Å²) < 4.78 is 5.08. The summed E-state index contributed by atoms with van der Waals surface area (Å²) in [4.78, 5) is 15.8. The van der Waals surface area contributed by atoms with Crippen LogP contribution in [-0.4, -0.2) is 18.1 Å². The number of hydrogen-bond donors (Lipinski definition) is 0. The Morgan fingerprint density at radius 2 is 2.06 bits per heavy atom. The van der Waals surface area contributed by atoms with Gasteiger partial charge in [0.25, 0.3) is 0 Å². The average Bonchev–Trinajstić information content (AvgIpc) is 2.69. The van der Waals surface area contributed by atoms with Gasteiger partial charge < -0.3 is 14.6 Å². The molecule has 94 valence electrons. The fraction of sp³-hybridized carbons (Fsp3) is 0.231. The van der Waals surface area contributed by atoms with E-state index in [1.165, 1.54) is 11.3 Å². The molecule has 18 heavy (non-hydrogen) atoms. The Hall–Kier alpha value is -1.88. The molecule has 1 aromatic carbocycles. The van der Waals surface area contributed by atoms with Gasteiger partial charge >= 0.3 is 0 Å². The molecule has 0 atom stereocenters. The summed E-state index contributed by atoms with van der Waals surface area (Å²) in [5, 5.41) is 11.6. The van der Waals surface area contributed by atoms with Gasteiger partial charge in [0.15, 0.2) is 0 Å². The minimum absolute atomic E-state index is 0.104. The van der Waals surface area contributed by atoms with Gasteiger partial charge in [0.2, 0.25) is 0 Å². The van der Waals surface area contributed by atoms with Crippen molar-refractivity contribution in [1.82, 2.24) is 4.98 Å². The minimum Gasteiger partial charge on any atom is -0.550 e. The Bertz CT molecular complexity index is 560. The number of methoxy groups -OCH3 is 1. The Morgan fingerprint density at radius 1 is 1.39 bits per heavy atom. The van der Waals surface area contributed by atoms with E-state index in [0.29, 0.717) is 5.69 Å². The molecule has 0 aliphatic heterocycles. The van der Waals surface area contributed by atoms with E-state index in [-0.39, 0.29) is 6.42 Å². The molecule has 1 heterocycles. The van der Waals surface area contributed by atoms with Gasteiger partial charge in [0.05, 0.1) is 17.8 Å². The molecule has 2 aromatic rings. The first kappa shape index (κ1) is 12.6. The van der Waals surface area contributed by atoms with Gasteiger partial charge in [-0.05, 0) is 31.2 Å². The van der Waals surface area contributed by atoms with Crippen molar-refractivity contribution in [3.05, 3.63) is 34.2 Å². The minimum atomic E-state index is -1.09. The summed E-state index contributed by atoms with van der Waals surface area (Å²) in [6.45, 7) is 1.86. The normalized spacial score (nSPS) is 10.3. The first-order valence-corrected chi connectivity index (χ1v) is 6.22. The topological polar surface area (TPSA) is 62.2 Å². The summed E-state index contributed by atoms with van der Waals surface area (Å²) in [6, 6.07) is 7.39.